The van der Waals surface area contributed by atoms with E-state index in [9.17, 15) is 4.79 Å². The molecule has 1 aromatic carbocycles. The molecule has 0 spiro atoms. The Morgan fingerprint density at radius 1 is 1.17 bits per heavy atom. The number of hydrogen-bond donors (Lipinski definition) is 2. The number of amides is 1. The first-order valence-electron chi connectivity index (χ1n) is 7.34. The molecule has 1 saturated heterocycles. The first kappa shape index (κ1) is 14.5. The number of thiazole rings is 1. The van der Waals surface area contributed by atoms with Gasteiger partial charge in [-0.3, -0.25) is 15.1 Å². The minimum absolute atomic E-state index is 0.187. The Balaban J connectivity index is 1.53. The highest BCUT2D eigenvalue weighted by atomic mass is 32.1. The molecule has 4 rings (SSSR count). The van der Waals surface area contributed by atoms with Crippen molar-refractivity contribution in [2.24, 2.45) is 4.99 Å². The molecule has 0 bridgehead atoms. The van der Waals surface area contributed by atoms with Crippen molar-refractivity contribution in [1.82, 2.24) is 20.6 Å². The van der Waals surface area contributed by atoms with Crippen molar-refractivity contribution < 1.29 is 4.79 Å². The average Bonchev–Trinajstić information content (AvgIpc) is 3.20. The van der Waals surface area contributed by atoms with E-state index in [1.165, 1.54) is 0 Å². The second-order valence-electron chi connectivity index (χ2n) is 5.24. The van der Waals surface area contributed by atoms with E-state index in [0.717, 1.165) is 21.3 Å². The van der Waals surface area contributed by atoms with Crippen LogP contribution < -0.4 is 10.6 Å². The standard InChI is InChI=1S/C17H13N5OS/c23-16-14(7-12-1-2-13-15(8-12)24-10-20-13)21-17(22-16)19-9-11-3-5-18-6-4-11/h1-8,10H,9H2,(H2,19,21,22,23)/b14-7-. The number of carbonyl (C=O) groups is 1. The largest absolute Gasteiger partial charge is 0.321 e. The van der Waals surface area contributed by atoms with E-state index in [4.69, 9.17) is 0 Å². The van der Waals surface area contributed by atoms with Gasteiger partial charge in [-0.2, -0.15) is 0 Å². The molecule has 24 heavy (non-hydrogen) atoms. The van der Waals surface area contributed by atoms with Crippen LogP contribution in [0.1, 0.15) is 11.1 Å². The van der Waals surface area contributed by atoms with Crippen LogP contribution in [0, 0.1) is 0 Å². The Morgan fingerprint density at radius 2 is 2.04 bits per heavy atom. The number of carbonyl (C=O) groups excluding carboxylic acids is 1. The molecule has 0 saturated carbocycles. The molecule has 0 unspecified atom stereocenters. The number of benzene rings is 1. The molecule has 6 nitrogen and oxygen atoms in total. The van der Waals surface area contributed by atoms with E-state index in [0.29, 0.717) is 18.2 Å². The molecule has 7 heteroatoms. The summed E-state index contributed by atoms with van der Waals surface area (Å²) < 4.78 is 1.09. The lowest BCUT2D eigenvalue weighted by atomic mass is 10.2. The number of hydrogen-bond acceptors (Lipinski definition) is 5. The monoisotopic (exact) mass is 335 g/mol. The van der Waals surface area contributed by atoms with Crippen LogP contribution in [0.25, 0.3) is 16.3 Å². The van der Waals surface area contributed by atoms with Crippen LogP contribution in [0.3, 0.4) is 0 Å². The number of guanidine groups is 1. The molecular weight excluding hydrogens is 322 g/mol. The molecule has 2 aromatic heterocycles. The first-order valence-corrected chi connectivity index (χ1v) is 8.22. The maximum atomic E-state index is 12.1. The van der Waals surface area contributed by atoms with E-state index in [2.05, 4.69) is 25.6 Å². The normalized spacial score (nSPS) is 17.4. The number of nitrogens with one attached hydrogen (secondary N) is 2. The zero-order chi connectivity index (χ0) is 16.4. The summed E-state index contributed by atoms with van der Waals surface area (Å²) in [6.45, 7) is 0.477. The summed E-state index contributed by atoms with van der Waals surface area (Å²) >= 11 is 1.58. The molecule has 0 radical (unpaired) electrons. The topological polar surface area (TPSA) is 79.3 Å². The third kappa shape index (κ3) is 3.02. The van der Waals surface area contributed by atoms with Gasteiger partial charge in [0, 0.05) is 12.4 Å². The van der Waals surface area contributed by atoms with Crippen LogP contribution in [-0.4, -0.2) is 21.8 Å². The van der Waals surface area contributed by atoms with E-state index in [-0.39, 0.29) is 5.91 Å². The fourth-order valence-electron chi connectivity index (χ4n) is 2.36. The molecule has 1 amide bonds. The minimum atomic E-state index is -0.187. The van der Waals surface area contributed by atoms with Crippen LogP contribution in [0.2, 0.25) is 0 Å². The van der Waals surface area contributed by atoms with Crippen molar-refractivity contribution in [3.8, 4) is 0 Å². The molecule has 3 aromatic rings. The van der Waals surface area contributed by atoms with E-state index < -0.39 is 0 Å². The van der Waals surface area contributed by atoms with Crippen molar-refractivity contribution in [2.75, 3.05) is 0 Å². The summed E-state index contributed by atoms with van der Waals surface area (Å²) in [5.41, 5.74) is 5.23. The van der Waals surface area contributed by atoms with Crippen molar-refractivity contribution in [3.63, 3.8) is 0 Å². The first-order chi connectivity index (χ1) is 11.8. The summed E-state index contributed by atoms with van der Waals surface area (Å²) in [6, 6.07) is 9.68. The minimum Gasteiger partial charge on any atom is -0.321 e. The highest BCUT2D eigenvalue weighted by Crippen LogP contribution is 2.20. The van der Waals surface area contributed by atoms with Gasteiger partial charge in [0.1, 0.15) is 5.70 Å². The Morgan fingerprint density at radius 3 is 2.92 bits per heavy atom. The van der Waals surface area contributed by atoms with Crippen molar-refractivity contribution in [3.05, 3.63) is 65.1 Å². The summed E-state index contributed by atoms with van der Waals surface area (Å²) in [4.78, 5) is 24.7. The van der Waals surface area contributed by atoms with Gasteiger partial charge in [-0.15, -0.1) is 11.3 Å². The molecule has 118 valence electrons. The van der Waals surface area contributed by atoms with Gasteiger partial charge >= 0.3 is 0 Å². The van der Waals surface area contributed by atoms with Crippen LogP contribution >= 0.6 is 11.3 Å². The Bertz CT molecular complexity index is 961. The zero-order valence-corrected chi connectivity index (χ0v) is 13.4. The van der Waals surface area contributed by atoms with Gasteiger partial charge in [-0.25, -0.2) is 9.98 Å². The van der Waals surface area contributed by atoms with Crippen LogP contribution in [0.4, 0.5) is 0 Å². The second-order valence-corrected chi connectivity index (χ2v) is 6.12. The predicted octanol–water partition coefficient (Wildman–Crippen LogP) is 2.31. The lowest BCUT2D eigenvalue weighted by Gasteiger charge is -1.99. The smallest absolute Gasteiger partial charge is 0.274 e. The summed E-state index contributed by atoms with van der Waals surface area (Å²) in [6.07, 6.45) is 5.25. The van der Waals surface area contributed by atoms with Gasteiger partial charge in [0.05, 0.1) is 22.3 Å². The molecule has 2 N–H and O–H groups in total. The maximum Gasteiger partial charge on any atom is 0.274 e. The van der Waals surface area contributed by atoms with E-state index >= 15 is 0 Å². The van der Waals surface area contributed by atoms with E-state index in [1.54, 1.807) is 23.7 Å². The molecular formula is C17H13N5OS. The Hall–Kier alpha value is -3.06. The second kappa shape index (κ2) is 6.21. The van der Waals surface area contributed by atoms with Gasteiger partial charge in [0.2, 0.25) is 5.96 Å². The van der Waals surface area contributed by atoms with Gasteiger partial charge in [0.15, 0.2) is 0 Å². The number of pyridine rings is 1. The average molecular weight is 335 g/mol. The van der Waals surface area contributed by atoms with Crippen molar-refractivity contribution in [2.45, 2.75) is 6.54 Å². The summed E-state index contributed by atoms with van der Waals surface area (Å²) in [5, 5.41) is 5.76. The van der Waals surface area contributed by atoms with E-state index in [1.807, 2.05) is 41.9 Å². The van der Waals surface area contributed by atoms with Crippen molar-refractivity contribution in [1.29, 1.82) is 0 Å². The van der Waals surface area contributed by atoms with Gasteiger partial charge in [0.25, 0.3) is 5.91 Å². The number of aliphatic imine (C=N–C) groups is 1. The van der Waals surface area contributed by atoms with Crippen LogP contribution in [0.15, 0.2) is 58.9 Å². The predicted molar refractivity (Wildman–Crippen MR) is 94.3 cm³/mol. The number of fused-ring (bicyclic) bond motifs is 1. The quantitative estimate of drug-likeness (QED) is 0.720. The fraction of sp³-hybridized carbons (Fsp3) is 0.0588. The maximum absolute atomic E-state index is 12.1. The zero-order valence-electron chi connectivity index (χ0n) is 12.6. The highest BCUT2D eigenvalue weighted by molar-refractivity contribution is 7.16. The molecule has 1 aliphatic rings. The van der Waals surface area contributed by atoms with Gasteiger partial charge in [-0.05, 0) is 41.5 Å². The van der Waals surface area contributed by atoms with Gasteiger partial charge < -0.3 is 5.32 Å². The fourth-order valence-corrected chi connectivity index (χ4v) is 3.08. The Labute approximate surface area is 142 Å². The Kier molecular flexibility index (Phi) is 3.76. The molecule has 0 aliphatic carbocycles. The molecule has 1 aliphatic heterocycles. The molecule has 3 heterocycles. The lowest BCUT2D eigenvalue weighted by molar-refractivity contribution is -0.115. The number of rotatable bonds is 3. The SMILES string of the molecule is O=C1NC(=NCc2ccncc2)N/C1=C\c1ccc2ncsc2c1. The lowest BCUT2D eigenvalue weighted by Crippen LogP contribution is -2.25. The summed E-state index contributed by atoms with van der Waals surface area (Å²) in [5.74, 6) is 0.273. The number of aromatic nitrogens is 2. The number of nitrogens with zero attached hydrogens (tertiary/aromatic N) is 3. The molecule has 0 atom stereocenters. The third-order valence-electron chi connectivity index (χ3n) is 3.57. The summed E-state index contributed by atoms with van der Waals surface area (Å²) in [7, 11) is 0. The van der Waals surface area contributed by atoms with Crippen LogP contribution in [0.5, 0.6) is 0 Å². The van der Waals surface area contributed by atoms with Crippen LogP contribution in [-0.2, 0) is 11.3 Å². The highest BCUT2D eigenvalue weighted by Gasteiger charge is 2.21. The van der Waals surface area contributed by atoms with Crippen molar-refractivity contribution >= 4 is 39.5 Å². The third-order valence-corrected chi connectivity index (χ3v) is 4.36. The molecule has 1 fully saturated rings. The van der Waals surface area contributed by atoms with Gasteiger partial charge in [-0.1, -0.05) is 6.07 Å².